The summed E-state index contributed by atoms with van der Waals surface area (Å²) < 4.78 is 0.980. The molecule has 0 saturated carbocycles. The molecule has 0 aliphatic heterocycles. The quantitative estimate of drug-likeness (QED) is 0.790. The van der Waals surface area contributed by atoms with Crippen molar-refractivity contribution in [2.45, 2.75) is 39.3 Å². The van der Waals surface area contributed by atoms with Crippen molar-refractivity contribution in [3.63, 3.8) is 0 Å². The number of hydrogen-bond acceptors (Lipinski definition) is 2. The molecule has 18 heavy (non-hydrogen) atoms. The molecule has 1 aromatic rings. The molecule has 2 nitrogen and oxygen atoms in total. The number of rotatable bonds is 7. The van der Waals surface area contributed by atoms with Crippen molar-refractivity contribution in [1.29, 1.82) is 0 Å². The van der Waals surface area contributed by atoms with Gasteiger partial charge in [0.2, 0.25) is 0 Å². The van der Waals surface area contributed by atoms with E-state index in [0.29, 0.717) is 19.0 Å². The van der Waals surface area contributed by atoms with E-state index in [1.54, 1.807) is 0 Å². The topological polar surface area (TPSA) is 32.3 Å². The summed E-state index contributed by atoms with van der Waals surface area (Å²) in [6.07, 6.45) is 1.74. The largest absolute Gasteiger partial charge is 0.392 e. The summed E-state index contributed by atoms with van der Waals surface area (Å²) in [4.78, 5) is 0. The average molecular weight is 335 g/mol. The van der Waals surface area contributed by atoms with Crippen LogP contribution in [0.5, 0.6) is 0 Å². The van der Waals surface area contributed by atoms with Crippen LogP contribution in [0.2, 0.25) is 5.02 Å². The minimum atomic E-state index is -0.283. The highest BCUT2D eigenvalue weighted by Gasteiger charge is 2.14. The molecule has 1 rings (SSSR count). The van der Waals surface area contributed by atoms with Crippen LogP contribution < -0.4 is 5.32 Å². The number of benzene rings is 1. The van der Waals surface area contributed by atoms with Crippen molar-refractivity contribution in [2.24, 2.45) is 5.92 Å². The minimum absolute atomic E-state index is 0.283. The first-order valence-corrected chi connectivity index (χ1v) is 7.58. The summed E-state index contributed by atoms with van der Waals surface area (Å²) in [5, 5.41) is 14.0. The Bertz CT molecular complexity index is 369. The molecule has 102 valence electrons. The van der Waals surface area contributed by atoms with E-state index in [0.717, 1.165) is 27.9 Å². The molecule has 1 unspecified atom stereocenters. The Morgan fingerprint density at radius 3 is 2.56 bits per heavy atom. The second-order valence-corrected chi connectivity index (χ2v) is 5.83. The predicted octanol–water partition coefficient (Wildman–Crippen LogP) is 3.99. The van der Waals surface area contributed by atoms with E-state index in [-0.39, 0.29) is 6.10 Å². The van der Waals surface area contributed by atoms with E-state index in [4.69, 9.17) is 11.6 Å². The maximum atomic E-state index is 10.00. The summed E-state index contributed by atoms with van der Waals surface area (Å²) in [6.45, 7) is 5.52. The van der Waals surface area contributed by atoms with Gasteiger partial charge in [-0.2, -0.15) is 0 Å². The van der Waals surface area contributed by atoms with Crippen LogP contribution in [0.1, 0.15) is 32.3 Å². The lowest BCUT2D eigenvalue weighted by Gasteiger charge is -2.20. The second-order valence-electron chi connectivity index (χ2n) is 4.51. The Hall–Kier alpha value is -0.0900. The highest BCUT2D eigenvalue weighted by molar-refractivity contribution is 9.10. The molecular formula is C14H21BrClNO. The Morgan fingerprint density at radius 2 is 2.00 bits per heavy atom. The van der Waals surface area contributed by atoms with E-state index in [1.165, 1.54) is 0 Å². The van der Waals surface area contributed by atoms with Crippen molar-refractivity contribution in [3.05, 3.63) is 33.3 Å². The first-order valence-electron chi connectivity index (χ1n) is 6.41. The fourth-order valence-electron chi connectivity index (χ4n) is 2.02. The molecule has 0 saturated heterocycles. The third kappa shape index (κ3) is 4.88. The fourth-order valence-corrected chi connectivity index (χ4v) is 2.76. The van der Waals surface area contributed by atoms with E-state index in [2.05, 4.69) is 35.1 Å². The van der Waals surface area contributed by atoms with Crippen molar-refractivity contribution in [2.75, 3.05) is 6.54 Å². The zero-order chi connectivity index (χ0) is 13.5. The van der Waals surface area contributed by atoms with Gasteiger partial charge in [-0.15, -0.1) is 0 Å². The molecule has 0 fully saturated rings. The zero-order valence-electron chi connectivity index (χ0n) is 10.9. The first-order chi connectivity index (χ1) is 8.58. The van der Waals surface area contributed by atoms with Gasteiger partial charge in [-0.1, -0.05) is 60.3 Å². The molecule has 0 aromatic heterocycles. The summed E-state index contributed by atoms with van der Waals surface area (Å²) in [7, 11) is 0. The van der Waals surface area contributed by atoms with Crippen LogP contribution >= 0.6 is 27.5 Å². The van der Waals surface area contributed by atoms with Crippen molar-refractivity contribution < 1.29 is 5.11 Å². The summed E-state index contributed by atoms with van der Waals surface area (Å²) in [5.74, 6) is 0.373. The van der Waals surface area contributed by atoms with Crippen molar-refractivity contribution in [1.82, 2.24) is 5.32 Å². The summed E-state index contributed by atoms with van der Waals surface area (Å²) >= 11 is 9.51. The molecule has 0 radical (unpaired) electrons. The van der Waals surface area contributed by atoms with E-state index in [1.807, 2.05) is 18.2 Å². The van der Waals surface area contributed by atoms with Gasteiger partial charge in [-0.25, -0.2) is 0 Å². The van der Waals surface area contributed by atoms with Crippen LogP contribution in [0.25, 0.3) is 0 Å². The molecule has 0 bridgehead atoms. The van der Waals surface area contributed by atoms with Gasteiger partial charge in [0, 0.05) is 22.6 Å². The fraction of sp³-hybridized carbons (Fsp3) is 0.571. The predicted molar refractivity (Wildman–Crippen MR) is 80.9 cm³/mol. The van der Waals surface area contributed by atoms with E-state index >= 15 is 0 Å². The standard InChI is InChI=1S/C14H21BrClNO/c1-3-10(4-2)14(18)9-17-8-11-5-6-12(15)7-13(11)16/h5-7,10,14,17-18H,3-4,8-9H2,1-2H3. The number of halogens is 2. The van der Waals surface area contributed by atoms with Gasteiger partial charge in [0.1, 0.15) is 0 Å². The zero-order valence-corrected chi connectivity index (χ0v) is 13.3. The van der Waals surface area contributed by atoms with Crippen LogP contribution in [0.3, 0.4) is 0 Å². The molecular weight excluding hydrogens is 314 g/mol. The molecule has 4 heteroatoms. The van der Waals surface area contributed by atoms with Crippen molar-refractivity contribution in [3.8, 4) is 0 Å². The monoisotopic (exact) mass is 333 g/mol. The number of hydrogen-bond donors (Lipinski definition) is 2. The number of aliphatic hydroxyl groups excluding tert-OH is 1. The Morgan fingerprint density at radius 1 is 1.33 bits per heavy atom. The maximum absolute atomic E-state index is 10.00. The van der Waals surface area contributed by atoms with Crippen molar-refractivity contribution >= 4 is 27.5 Å². The van der Waals surface area contributed by atoms with E-state index < -0.39 is 0 Å². The number of aliphatic hydroxyl groups is 1. The third-order valence-electron chi connectivity index (χ3n) is 3.28. The van der Waals surface area contributed by atoms with Crippen LogP contribution in [0, 0.1) is 5.92 Å². The molecule has 0 spiro atoms. The SMILES string of the molecule is CCC(CC)C(O)CNCc1ccc(Br)cc1Cl. The van der Waals surface area contributed by atoms with Gasteiger partial charge in [0.15, 0.2) is 0 Å². The Balaban J connectivity index is 2.41. The molecule has 0 amide bonds. The lowest BCUT2D eigenvalue weighted by Crippen LogP contribution is -2.32. The van der Waals surface area contributed by atoms with Gasteiger partial charge in [0.05, 0.1) is 6.10 Å². The van der Waals surface area contributed by atoms with Crippen LogP contribution in [0.4, 0.5) is 0 Å². The second kappa shape index (κ2) is 8.16. The summed E-state index contributed by atoms with van der Waals surface area (Å²) in [5.41, 5.74) is 1.05. The molecule has 2 N–H and O–H groups in total. The maximum Gasteiger partial charge on any atom is 0.0692 e. The summed E-state index contributed by atoms with van der Waals surface area (Å²) in [6, 6.07) is 5.85. The Labute approximate surface area is 123 Å². The molecule has 1 atom stereocenters. The minimum Gasteiger partial charge on any atom is -0.392 e. The first kappa shape index (κ1) is 16.0. The third-order valence-corrected chi connectivity index (χ3v) is 4.12. The van der Waals surface area contributed by atoms with Crippen LogP contribution in [-0.2, 0) is 6.54 Å². The van der Waals surface area contributed by atoms with Crippen LogP contribution in [-0.4, -0.2) is 17.8 Å². The van der Waals surface area contributed by atoms with E-state index in [9.17, 15) is 5.11 Å². The van der Waals surface area contributed by atoms with Gasteiger partial charge < -0.3 is 10.4 Å². The smallest absolute Gasteiger partial charge is 0.0692 e. The van der Waals surface area contributed by atoms with Gasteiger partial charge in [-0.05, 0) is 23.6 Å². The van der Waals surface area contributed by atoms with Crippen LogP contribution in [0.15, 0.2) is 22.7 Å². The Kier molecular flexibility index (Phi) is 7.23. The lowest BCUT2D eigenvalue weighted by atomic mass is 9.96. The molecule has 0 heterocycles. The normalized spacial score (nSPS) is 13.0. The number of nitrogens with one attached hydrogen (secondary N) is 1. The van der Waals surface area contributed by atoms with Gasteiger partial charge in [-0.3, -0.25) is 0 Å². The highest BCUT2D eigenvalue weighted by atomic mass is 79.9. The molecule has 1 aromatic carbocycles. The van der Waals surface area contributed by atoms with Gasteiger partial charge >= 0.3 is 0 Å². The lowest BCUT2D eigenvalue weighted by molar-refractivity contribution is 0.101. The molecule has 0 aliphatic rings. The highest BCUT2D eigenvalue weighted by Crippen LogP contribution is 2.21. The van der Waals surface area contributed by atoms with Gasteiger partial charge in [0.25, 0.3) is 0 Å². The molecule has 0 aliphatic carbocycles. The average Bonchev–Trinajstić information content (AvgIpc) is 2.33.